The Balaban J connectivity index is 2.18. The van der Waals surface area contributed by atoms with Crippen LogP contribution in [0.15, 0.2) is 12.2 Å². The van der Waals surface area contributed by atoms with Crippen molar-refractivity contribution in [2.45, 2.75) is 61.1 Å². The molecule has 2 aliphatic rings. The van der Waals surface area contributed by atoms with Crippen molar-refractivity contribution in [3.8, 4) is 0 Å². The summed E-state index contributed by atoms with van der Waals surface area (Å²) in [5, 5.41) is -1.96. The molecule has 0 aromatic carbocycles. The first-order valence-electron chi connectivity index (χ1n) is 8.10. The van der Waals surface area contributed by atoms with Crippen molar-refractivity contribution in [1.82, 2.24) is 0 Å². The second kappa shape index (κ2) is 7.38. The Morgan fingerprint density at radius 1 is 0.708 bits per heavy atom. The summed E-state index contributed by atoms with van der Waals surface area (Å²) < 4.78 is 65.1. The highest BCUT2D eigenvalue weighted by atomic mass is 32.2. The minimum Gasteiger partial charge on any atom is -0.328 e. The molecule has 2 fully saturated rings. The third-order valence-corrected chi connectivity index (χ3v) is 7.75. The van der Waals surface area contributed by atoms with Crippen LogP contribution in [0.4, 0.5) is 0 Å². The number of hydrogen-bond donors (Lipinski definition) is 4. The van der Waals surface area contributed by atoms with Crippen LogP contribution >= 0.6 is 0 Å². The number of nitrogens with two attached hydrogens (primary N) is 2. The zero-order valence-corrected chi connectivity index (χ0v) is 15.0. The van der Waals surface area contributed by atoms with Crippen molar-refractivity contribution in [3.05, 3.63) is 12.2 Å². The fourth-order valence-corrected chi connectivity index (χ4v) is 6.10. The Hall–Kier alpha value is -0.520. The molecule has 2 saturated carbocycles. The molecular weight excluding hydrogens is 356 g/mol. The lowest BCUT2D eigenvalue weighted by molar-refractivity contribution is 0.338. The summed E-state index contributed by atoms with van der Waals surface area (Å²) in [6, 6.07) is -0.556. The van der Waals surface area contributed by atoms with E-state index in [1.54, 1.807) is 12.2 Å². The average molecular weight is 383 g/mol. The Morgan fingerprint density at radius 3 is 1.33 bits per heavy atom. The fourth-order valence-electron chi connectivity index (χ4n) is 3.78. The highest BCUT2D eigenvalue weighted by Gasteiger charge is 2.38. The van der Waals surface area contributed by atoms with Gasteiger partial charge in [-0.2, -0.15) is 16.8 Å². The SMILES string of the molecule is NC1CCC(C=CC2CCC(N)CC2S(=O)(=O)O)C(S(=O)(=O)O)C1. The van der Waals surface area contributed by atoms with Crippen molar-refractivity contribution < 1.29 is 25.9 Å². The highest BCUT2D eigenvalue weighted by Crippen LogP contribution is 2.33. The van der Waals surface area contributed by atoms with Gasteiger partial charge in [-0.3, -0.25) is 9.11 Å². The molecule has 6 unspecified atom stereocenters. The third-order valence-electron chi connectivity index (χ3n) is 5.14. The van der Waals surface area contributed by atoms with E-state index >= 15 is 0 Å². The summed E-state index contributed by atoms with van der Waals surface area (Å²) >= 11 is 0. The van der Waals surface area contributed by atoms with Crippen LogP contribution in [0, 0.1) is 11.8 Å². The van der Waals surface area contributed by atoms with Gasteiger partial charge in [0.05, 0.1) is 10.5 Å². The smallest absolute Gasteiger partial charge is 0.268 e. The van der Waals surface area contributed by atoms with Gasteiger partial charge in [0.2, 0.25) is 0 Å². The molecule has 0 heterocycles. The monoisotopic (exact) mass is 382 g/mol. The maximum atomic E-state index is 11.6. The molecule has 0 aromatic rings. The molecule has 6 N–H and O–H groups in total. The first-order chi connectivity index (χ1) is 11.0. The third kappa shape index (κ3) is 4.99. The molecule has 2 aliphatic carbocycles. The molecule has 10 heteroatoms. The van der Waals surface area contributed by atoms with Crippen LogP contribution in [0.5, 0.6) is 0 Å². The highest BCUT2D eigenvalue weighted by molar-refractivity contribution is 7.86. The second-order valence-corrected chi connectivity index (χ2v) is 10.2. The summed E-state index contributed by atoms with van der Waals surface area (Å²) in [5.74, 6) is -0.838. The van der Waals surface area contributed by atoms with Crippen LogP contribution in [0.25, 0.3) is 0 Å². The van der Waals surface area contributed by atoms with Gasteiger partial charge in [0.1, 0.15) is 0 Å². The normalized spacial score (nSPS) is 39.2. The van der Waals surface area contributed by atoms with E-state index in [9.17, 15) is 25.9 Å². The Morgan fingerprint density at radius 2 is 1.04 bits per heavy atom. The van der Waals surface area contributed by atoms with Gasteiger partial charge in [-0.25, -0.2) is 0 Å². The van der Waals surface area contributed by atoms with Gasteiger partial charge in [-0.15, -0.1) is 0 Å². The largest absolute Gasteiger partial charge is 0.328 e. The van der Waals surface area contributed by atoms with Crippen LogP contribution in [0.1, 0.15) is 38.5 Å². The Kier molecular flexibility index (Phi) is 6.09. The van der Waals surface area contributed by atoms with E-state index in [-0.39, 0.29) is 24.9 Å². The van der Waals surface area contributed by atoms with Gasteiger partial charge in [0, 0.05) is 12.1 Å². The van der Waals surface area contributed by atoms with Crippen molar-refractivity contribution in [2.24, 2.45) is 23.3 Å². The van der Waals surface area contributed by atoms with Gasteiger partial charge < -0.3 is 11.5 Å². The van der Waals surface area contributed by atoms with Crippen molar-refractivity contribution >= 4 is 20.2 Å². The van der Waals surface area contributed by atoms with Crippen LogP contribution in [-0.2, 0) is 20.2 Å². The summed E-state index contributed by atoms with van der Waals surface area (Å²) in [4.78, 5) is 0. The molecule has 6 atom stereocenters. The molecule has 140 valence electrons. The quantitative estimate of drug-likeness (QED) is 0.399. The molecular formula is C14H26N2O6S2. The van der Waals surface area contributed by atoms with Gasteiger partial charge >= 0.3 is 0 Å². The standard InChI is InChI=1S/C14H26N2O6S2/c15-11-5-3-9(13(7-11)23(17,18)19)1-2-10-4-6-12(16)8-14(10)24(20,21)22/h1-2,9-14H,3-8,15-16H2,(H,17,18,19)(H,20,21,22). The molecule has 0 bridgehead atoms. The van der Waals surface area contributed by atoms with Gasteiger partial charge in [0.25, 0.3) is 20.2 Å². The zero-order chi connectivity index (χ0) is 18.1. The number of rotatable bonds is 4. The van der Waals surface area contributed by atoms with Crippen LogP contribution < -0.4 is 11.5 Å². The summed E-state index contributed by atoms with van der Waals surface area (Å²) in [5.41, 5.74) is 11.6. The minimum atomic E-state index is -4.23. The lowest BCUT2D eigenvalue weighted by Crippen LogP contribution is -2.41. The molecule has 0 aromatic heterocycles. The first-order valence-corrected chi connectivity index (χ1v) is 11.1. The summed E-state index contributed by atoms with van der Waals surface area (Å²) in [7, 11) is -8.46. The first kappa shape index (κ1) is 19.8. The molecule has 0 saturated heterocycles. The van der Waals surface area contributed by atoms with E-state index < -0.39 is 42.6 Å². The van der Waals surface area contributed by atoms with Crippen LogP contribution in [0.2, 0.25) is 0 Å². The Labute approximate surface area is 143 Å². The summed E-state index contributed by atoms with van der Waals surface area (Å²) in [6.07, 6.45) is 5.94. The molecule has 0 aliphatic heterocycles. The van der Waals surface area contributed by atoms with Gasteiger partial charge in [-0.05, 0) is 50.4 Å². The van der Waals surface area contributed by atoms with Crippen LogP contribution in [0.3, 0.4) is 0 Å². The lowest BCUT2D eigenvalue weighted by Gasteiger charge is -2.33. The molecule has 24 heavy (non-hydrogen) atoms. The summed E-state index contributed by atoms with van der Waals surface area (Å²) in [6.45, 7) is 0. The van der Waals surface area contributed by atoms with Crippen molar-refractivity contribution in [1.29, 1.82) is 0 Å². The maximum absolute atomic E-state index is 11.6. The number of allylic oxidation sites excluding steroid dienone is 2. The predicted octanol–water partition coefficient (Wildman–Crippen LogP) is 0.310. The molecule has 0 spiro atoms. The minimum absolute atomic E-state index is 0.172. The molecule has 2 rings (SSSR count). The Bertz CT molecular complexity index is 617. The van der Waals surface area contributed by atoms with E-state index in [0.29, 0.717) is 25.7 Å². The second-order valence-electron chi connectivity index (χ2n) is 6.97. The zero-order valence-electron chi connectivity index (χ0n) is 13.4. The van der Waals surface area contributed by atoms with E-state index in [0.717, 1.165) is 0 Å². The fraction of sp³-hybridized carbons (Fsp3) is 0.857. The topological polar surface area (TPSA) is 161 Å². The predicted molar refractivity (Wildman–Crippen MR) is 90.4 cm³/mol. The average Bonchev–Trinajstić information content (AvgIpc) is 2.45. The maximum Gasteiger partial charge on any atom is 0.268 e. The lowest BCUT2D eigenvalue weighted by atomic mass is 9.82. The molecule has 0 radical (unpaired) electrons. The van der Waals surface area contributed by atoms with E-state index in [1.165, 1.54) is 0 Å². The van der Waals surface area contributed by atoms with Crippen LogP contribution in [-0.4, -0.2) is 48.5 Å². The van der Waals surface area contributed by atoms with E-state index in [1.807, 2.05) is 0 Å². The van der Waals surface area contributed by atoms with Crippen molar-refractivity contribution in [3.63, 3.8) is 0 Å². The van der Waals surface area contributed by atoms with Gasteiger partial charge in [-0.1, -0.05) is 12.2 Å². The molecule has 8 nitrogen and oxygen atoms in total. The molecule has 0 amide bonds. The van der Waals surface area contributed by atoms with Crippen molar-refractivity contribution in [2.75, 3.05) is 0 Å². The van der Waals surface area contributed by atoms with Gasteiger partial charge in [0.15, 0.2) is 0 Å². The number of hydrogen-bond acceptors (Lipinski definition) is 6. The van der Waals surface area contributed by atoms with E-state index in [2.05, 4.69) is 0 Å². The van der Waals surface area contributed by atoms with E-state index in [4.69, 9.17) is 11.5 Å².